The number of rotatable bonds is 11. The van der Waals surface area contributed by atoms with Crippen LogP contribution in [0.3, 0.4) is 0 Å². The first-order valence-corrected chi connectivity index (χ1v) is 11.0. The number of carbonyl (C=O) groups is 1. The average molecular weight is 357 g/mol. The zero-order chi connectivity index (χ0) is 15.6. The van der Waals surface area contributed by atoms with Gasteiger partial charge in [0.1, 0.15) is 0 Å². The number of nitrogens with one attached hydrogen (secondary N) is 1. The van der Waals surface area contributed by atoms with Gasteiger partial charge in [-0.1, -0.05) is 51.2 Å². The van der Waals surface area contributed by atoms with Gasteiger partial charge < -0.3 is 4.74 Å². The summed E-state index contributed by atoms with van der Waals surface area (Å²) in [6.45, 7) is 11.3. The van der Waals surface area contributed by atoms with Gasteiger partial charge in [0.2, 0.25) is 7.36 Å². The second-order valence-electron chi connectivity index (χ2n) is 5.29. The Hall–Kier alpha value is 0.650. The molecular formula is C13H27NO2PS3+. The van der Waals surface area contributed by atoms with Crippen LogP contribution in [0.5, 0.6) is 0 Å². The fourth-order valence-electron chi connectivity index (χ4n) is 1.21. The number of thioether (sulfide) groups is 2. The highest BCUT2D eigenvalue weighted by Crippen LogP contribution is 2.45. The van der Waals surface area contributed by atoms with Gasteiger partial charge in [-0.2, -0.15) is 0 Å². The molecule has 0 aliphatic heterocycles. The summed E-state index contributed by atoms with van der Waals surface area (Å²) in [5.74, 6) is 3.07. The molecule has 0 rings (SSSR count). The fraction of sp³-hybridized carbons (Fsp3) is 0.923. The summed E-state index contributed by atoms with van der Waals surface area (Å²) >= 11 is 9.04. The monoisotopic (exact) mass is 356 g/mol. The van der Waals surface area contributed by atoms with Crippen LogP contribution in [0, 0.1) is 11.8 Å². The Morgan fingerprint density at radius 1 is 1.25 bits per heavy atom. The number of carbonyl (C=O) groups excluding carboxylic acids is 1. The van der Waals surface area contributed by atoms with E-state index in [1.807, 2.05) is 30.4 Å². The predicted octanol–water partition coefficient (Wildman–Crippen LogP) is 3.67. The van der Waals surface area contributed by atoms with Gasteiger partial charge >= 0.3 is 5.97 Å². The van der Waals surface area contributed by atoms with Gasteiger partial charge in [-0.3, -0.25) is 4.79 Å². The van der Waals surface area contributed by atoms with E-state index in [2.05, 4.69) is 33.0 Å². The highest BCUT2D eigenvalue weighted by molar-refractivity contribution is 8.27. The predicted molar refractivity (Wildman–Crippen MR) is 97.6 cm³/mol. The molecule has 0 radical (unpaired) electrons. The molecule has 7 heteroatoms. The van der Waals surface area contributed by atoms with E-state index in [1.165, 1.54) is 0 Å². The molecule has 3 nitrogen and oxygen atoms in total. The van der Waals surface area contributed by atoms with Crippen molar-refractivity contribution in [1.29, 1.82) is 0 Å². The smallest absolute Gasteiger partial charge is 0.320 e. The molecule has 0 heterocycles. The largest absolute Gasteiger partial charge is 0.465 e. The molecule has 118 valence electrons. The van der Waals surface area contributed by atoms with Crippen molar-refractivity contribution in [1.82, 2.24) is 5.32 Å². The highest BCUT2D eigenvalue weighted by atomic mass is 32.4. The minimum Gasteiger partial charge on any atom is -0.465 e. The van der Waals surface area contributed by atoms with Crippen LogP contribution in [0.15, 0.2) is 0 Å². The molecule has 0 spiro atoms. The molecule has 1 N–H and O–H groups in total. The zero-order valence-electron chi connectivity index (χ0n) is 13.0. The van der Waals surface area contributed by atoms with Crippen LogP contribution < -0.4 is 5.32 Å². The summed E-state index contributed by atoms with van der Waals surface area (Å²) in [6, 6.07) is 0. The number of hydrogen-bond acceptors (Lipinski definition) is 6. The molecule has 0 aromatic carbocycles. The Morgan fingerprint density at radius 3 is 2.10 bits per heavy atom. The second kappa shape index (κ2) is 11.2. The maximum absolute atomic E-state index is 11.5. The lowest BCUT2D eigenvalue weighted by Crippen LogP contribution is -2.39. The molecular weight excluding hydrogens is 329 g/mol. The Morgan fingerprint density at radius 2 is 1.75 bits per heavy atom. The van der Waals surface area contributed by atoms with Gasteiger partial charge in [0.05, 0.1) is 13.2 Å². The molecule has 1 unspecified atom stereocenters. The Bertz CT molecular complexity index is 289. The van der Waals surface area contributed by atoms with Crippen molar-refractivity contribution in [3.63, 3.8) is 0 Å². The first-order valence-electron chi connectivity index (χ1n) is 6.93. The molecule has 0 aliphatic rings. The maximum Gasteiger partial charge on any atom is 0.320 e. The maximum atomic E-state index is 11.5. The van der Waals surface area contributed by atoms with E-state index in [9.17, 15) is 4.79 Å². The van der Waals surface area contributed by atoms with Gasteiger partial charge in [0.15, 0.2) is 11.8 Å². The molecule has 0 saturated heterocycles. The summed E-state index contributed by atoms with van der Waals surface area (Å²) in [7, 11) is 0.310. The molecule has 0 bridgehead atoms. The number of ether oxygens (including phenoxy) is 1. The summed E-state index contributed by atoms with van der Waals surface area (Å²) in [6.07, 6.45) is 0. The van der Waals surface area contributed by atoms with Crippen molar-refractivity contribution >= 4 is 48.7 Å². The average Bonchev–Trinajstić information content (AvgIpc) is 2.38. The third-order valence-corrected chi connectivity index (χ3v) is 9.24. The van der Waals surface area contributed by atoms with Crippen molar-refractivity contribution in [3.05, 3.63) is 0 Å². The van der Waals surface area contributed by atoms with Crippen molar-refractivity contribution < 1.29 is 9.53 Å². The van der Waals surface area contributed by atoms with Crippen LogP contribution in [-0.4, -0.2) is 34.6 Å². The Labute approximate surface area is 138 Å². The number of esters is 1. The molecule has 0 aromatic rings. The zero-order valence-corrected chi connectivity index (χ0v) is 16.5. The van der Waals surface area contributed by atoms with E-state index < -0.39 is 0 Å². The van der Waals surface area contributed by atoms with Crippen LogP contribution in [-0.2, 0) is 21.3 Å². The van der Waals surface area contributed by atoms with E-state index in [0.717, 1.165) is 11.5 Å². The van der Waals surface area contributed by atoms with E-state index in [0.29, 0.717) is 25.8 Å². The van der Waals surface area contributed by atoms with Crippen LogP contribution in [0.25, 0.3) is 0 Å². The van der Waals surface area contributed by atoms with E-state index in [-0.39, 0.29) is 16.5 Å². The third-order valence-electron chi connectivity index (χ3n) is 2.15. The van der Waals surface area contributed by atoms with E-state index in [4.69, 9.17) is 16.5 Å². The second-order valence-corrected chi connectivity index (χ2v) is 10.3. The molecule has 0 aromatic heterocycles. The third kappa shape index (κ3) is 9.56. The minimum atomic E-state index is -0.239. The molecule has 20 heavy (non-hydrogen) atoms. The van der Waals surface area contributed by atoms with Crippen molar-refractivity contribution in [2.75, 3.05) is 24.7 Å². The standard InChI is InChI=1S/C13H26NO2PS3/c1-6-16-12(15)7-14-13(17-18,19-8-10(2)3)20-9-11(4)5/h10-11,14H,6-9H2,1-5H3/p+1. The normalized spacial score (nSPS) is 12.3. The van der Waals surface area contributed by atoms with Crippen LogP contribution in [0.4, 0.5) is 0 Å². The first kappa shape index (κ1) is 20.6. The SMILES string of the molecule is CCOC(=O)CNC([PH+]=S)(SCC(C)C)SCC(C)C. The van der Waals surface area contributed by atoms with E-state index in [1.54, 1.807) is 0 Å². The molecule has 0 saturated carbocycles. The quantitative estimate of drug-likeness (QED) is 0.346. The lowest BCUT2D eigenvalue weighted by Gasteiger charge is -2.24. The minimum absolute atomic E-state index is 0.208. The Balaban J connectivity index is 4.62. The lowest BCUT2D eigenvalue weighted by atomic mass is 10.3. The molecule has 0 amide bonds. The summed E-state index contributed by atoms with van der Waals surface area (Å²) < 4.78 is 4.74. The van der Waals surface area contributed by atoms with Gasteiger partial charge in [-0.05, 0) is 18.8 Å². The fourth-order valence-corrected chi connectivity index (χ4v) is 5.84. The van der Waals surface area contributed by atoms with Crippen LogP contribution >= 0.6 is 30.9 Å². The lowest BCUT2D eigenvalue weighted by molar-refractivity contribution is -0.141. The van der Waals surface area contributed by atoms with E-state index >= 15 is 0 Å². The molecule has 0 aliphatic carbocycles. The summed E-state index contributed by atoms with van der Waals surface area (Å²) in [5, 5.41) is 3.34. The van der Waals surface area contributed by atoms with Gasteiger partial charge in [-0.25, -0.2) is 5.32 Å². The van der Waals surface area contributed by atoms with Crippen molar-refractivity contribution in [2.45, 2.75) is 38.6 Å². The van der Waals surface area contributed by atoms with Gasteiger partial charge in [0, 0.05) is 11.5 Å². The summed E-state index contributed by atoms with van der Waals surface area (Å²) in [4.78, 5) is 11.5. The van der Waals surface area contributed by atoms with Crippen molar-refractivity contribution in [2.24, 2.45) is 11.8 Å². The van der Waals surface area contributed by atoms with Gasteiger partial charge in [0.25, 0.3) is 3.94 Å². The van der Waals surface area contributed by atoms with Crippen LogP contribution in [0.1, 0.15) is 34.6 Å². The van der Waals surface area contributed by atoms with Crippen molar-refractivity contribution in [3.8, 4) is 0 Å². The highest BCUT2D eigenvalue weighted by Gasteiger charge is 2.38. The molecule has 1 atom stereocenters. The number of hydrogen-bond donors (Lipinski definition) is 1. The first-order chi connectivity index (χ1) is 9.35. The van der Waals surface area contributed by atoms with Gasteiger partial charge in [-0.15, -0.1) is 0 Å². The Kier molecular flexibility index (Phi) is 11.6. The summed E-state index contributed by atoms with van der Waals surface area (Å²) in [5.41, 5.74) is 0. The topological polar surface area (TPSA) is 38.3 Å². The van der Waals surface area contributed by atoms with Crippen LogP contribution in [0.2, 0.25) is 0 Å². The molecule has 0 fully saturated rings.